The molecule has 0 amide bonds. The molecule has 0 fully saturated rings. The largest absolute Gasteiger partial charge is 0.347 e. The van der Waals surface area contributed by atoms with Gasteiger partial charge in [0.05, 0.1) is 12.3 Å². The summed E-state index contributed by atoms with van der Waals surface area (Å²) >= 11 is 1.36. The zero-order valence-corrected chi connectivity index (χ0v) is 21.3. The van der Waals surface area contributed by atoms with Crippen molar-refractivity contribution >= 4 is 23.2 Å². The van der Waals surface area contributed by atoms with Gasteiger partial charge in [-0.05, 0) is 41.5 Å². The third-order valence-electron chi connectivity index (χ3n) is 6.58. The van der Waals surface area contributed by atoms with Crippen LogP contribution in [0.2, 0.25) is 0 Å². The van der Waals surface area contributed by atoms with Crippen molar-refractivity contribution in [1.82, 2.24) is 14.8 Å². The molecule has 0 saturated carbocycles. The Morgan fingerprint density at radius 2 is 1.67 bits per heavy atom. The van der Waals surface area contributed by atoms with Crippen molar-refractivity contribution < 1.29 is 9.18 Å². The molecule has 182 valence electrons. The SMILES string of the molecule is CN1C(=CC(=O)CSc2nnc(-c3ccc(F)cc3)n2Cc2ccccc2)C(C)(C)c2ccccc21. The zero-order chi connectivity index (χ0) is 25.3. The van der Waals surface area contributed by atoms with Gasteiger partial charge in [0, 0.05) is 35.5 Å². The Labute approximate surface area is 214 Å². The van der Waals surface area contributed by atoms with Gasteiger partial charge < -0.3 is 4.90 Å². The van der Waals surface area contributed by atoms with Crippen LogP contribution in [0.3, 0.4) is 0 Å². The van der Waals surface area contributed by atoms with Gasteiger partial charge in [-0.1, -0.05) is 74.1 Å². The number of fused-ring (bicyclic) bond motifs is 1. The first-order valence-corrected chi connectivity index (χ1v) is 12.8. The van der Waals surface area contributed by atoms with Crippen molar-refractivity contribution in [1.29, 1.82) is 0 Å². The Hall–Kier alpha value is -3.71. The van der Waals surface area contributed by atoms with E-state index >= 15 is 0 Å². The molecule has 4 aromatic rings. The average Bonchev–Trinajstić information content (AvgIpc) is 3.36. The second-order valence-corrected chi connectivity index (χ2v) is 10.3. The van der Waals surface area contributed by atoms with Crippen LogP contribution in [-0.4, -0.2) is 33.3 Å². The van der Waals surface area contributed by atoms with Gasteiger partial charge in [-0.25, -0.2) is 4.39 Å². The summed E-state index contributed by atoms with van der Waals surface area (Å²) in [5.41, 5.74) is 4.92. The lowest BCUT2D eigenvalue weighted by atomic mass is 9.83. The molecule has 0 atom stereocenters. The number of likely N-dealkylation sites (N-methyl/N-ethyl adjacent to an activating group) is 1. The first kappa shape index (κ1) is 24.0. The van der Waals surface area contributed by atoms with Gasteiger partial charge in [-0.2, -0.15) is 0 Å². The number of aromatic nitrogens is 3. The monoisotopic (exact) mass is 498 g/mol. The fourth-order valence-corrected chi connectivity index (χ4v) is 5.47. The number of rotatable bonds is 7. The molecule has 5 rings (SSSR count). The Morgan fingerprint density at radius 1 is 0.972 bits per heavy atom. The predicted octanol–water partition coefficient (Wildman–Crippen LogP) is 6.11. The van der Waals surface area contributed by atoms with Crippen LogP contribution >= 0.6 is 11.8 Å². The highest BCUT2D eigenvalue weighted by Gasteiger charge is 2.38. The van der Waals surface area contributed by atoms with E-state index in [9.17, 15) is 9.18 Å². The molecule has 7 heteroatoms. The maximum absolute atomic E-state index is 13.5. The Kier molecular flexibility index (Phi) is 6.49. The van der Waals surface area contributed by atoms with Gasteiger partial charge in [0.15, 0.2) is 16.8 Å². The molecule has 3 aromatic carbocycles. The van der Waals surface area contributed by atoms with Gasteiger partial charge in [-0.3, -0.25) is 9.36 Å². The molecule has 0 unspecified atom stereocenters. The van der Waals surface area contributed by atoms with E-state index in [0.717, 1.165) is 22.5 Å². The highest BCUT2D eigenvalue weighted by atomic mass is 32.2. The summed E-state index contributed by atoms with van der Waals surface area (Å²) in [5.74, 6) is 0.586. The quantitative estimate of drug-likeness (QED) is 0.227. The summed E-state index contributed by atoms with van der Waals surface area (Å²) in [6.07, 6.45) is 1.76. The molecule has 0 radical (unpaired) electrons. The standard InChI is InChI=1S/C29H27FN4OS/c1-29(2)24-11-7-8-12-25(24)33(3)26(29)17-23(35)19-36-28-32-31-27(21-13-15-22(30)16-14-21)34(28)18-20-9-5-4-6-10-20/h4-17H,18-19H2,1-3H3. The number of benzene rings is 3. The second-order valence-electron chi connectivity index (χ2n) is 9.37. The predicted molar refractivity (Wildman–Crippen MR) is 143 cm³/mol. The maximum Gasteiger partial charge on any atom is 0.192 e. The number of hydrogen-bond donors (Lipinski definition) is 0. The molecule has 0 N–H and O–H groups in total. The van der Waals surface area contributed by atoms with Crippen molar-refractivity contribution in [2.75, 3.05) is 17.7 Å². The summed E-state index contributed by atoms with van der Waals surface area (Å²) in [6.45, 7) is 4.84. The number of nitrogens with zero attached hydrogens (tertiary/aromatic N) is 4. The van der Waals surface area contributed by atoms with Gasteiger partial charge in [0.1, 0.15) is 5.82 Å². The normalized spacial score (nSPS) is 15.3. The second kappa shape index (κ2) is 9.74. The number of thioether (sulfide) groups is 1. The van der Waals surface area contributed by atoms with E-state index in [1.807, 2.05) is 54.1 Å². The molecule has 0 aliphatic carbocycles. The summed E-state index contributed by atoms with van der Waals surface area (Å²) in [6, 6.07) is 24.5. The minimum atomic E-state index is -0.303. The number of carbonyl (C=O) groups excluding carboxylic acids is 1. The van der Waals surface area contributed by atoms with E-state index in [-0.39, 0.29) is 22.8 Å². The van der Waals surface area contributed by atoms with Gasteiger partial charge >= 0.3 is 0 Å². The number of anilines is 1. The Morgan fingerprint density at radius 3 is 2.39 bits per heavy atom. The topological polar surface area (TPSA) is 51.0 Å². The maximum atomic E-state index is 13.5. The highest BCUT2D eigenvalue weighted by Crippen LogP contribution is 2.46. The number of carbonyl (C=O) groups is 1. The van der Waals surface area contributed by atoms with Crippen LogP contribution in [0.4, 0.5) is 10.1 Å². The number of ketones is 1. The van der Waals surface area contributed by atoms with Gasteiger partial charge in [0.25, 0.3) is 0 Å². The number of para-hydroxylation sites is 1. The minimum Gasteiger partial charge on any atom is -0.347 e. The molecule has 0 bridgehead atoms. The molecule has 0 saturated heterocycles. The molecule has 1 aromatic heterocycles. The van der Waals surface area contributed by atoms with Crippen LogP contribution in [-0.2, 0) is 16.8 Å². The molecule has 5 nitrogen and oxygen atoms in total. The van der Waals surface area contributed by atoms with E-state index < -0.39 is 0 Å². The van der Waals surface area contributed by atoms with Crippen molar-refractivity contribution in [3.8, 4) is 11.4 Å². The summed E-state index contributed by atoms with van der Waals surface area (Å²) in [7, 11) is 2.01. The van der Waals surface area contributed by atoms with E-state index in [4.69, 9.17) is 0 Å². The van der Waals surface area contributed by atoms with E-state index in [1.54, 1.807) is 18.2 Å². The summed E-state index contributed by atoms with van der Waals surface area (Å²) in [5, 5.41) is 9.43. The molecule has 1 aliphatic heterocycles. The molecule has 1 aliphatic rings. The lowest BCUT2D eigenvalue weighted by molar-refractivity contribution is -0.112. The first-order valence-electron chi connectivity index (χ1n) is 11.8. The van der Waals surface area contributed by atoms with Crippen LogP contribution in [0.15, 0.2) is 95.8 Å². The molecule has 0 spiro atoms. The van der Waals surface area contributed by atoms with Crippen LogP contribution < -0.4 is 4.90 Å². The van der Waals surface area contributed by atoms with E-state index in [2.05, 4.69) is 41.1 Å². The van der Waals surface area contributed by atoms with Gasteiger partial charge in [0.2, 0.25) is 0 Å². The number of allylic oxidation sites excluding steroid dienone is 2. The lowest BCUT2D eigenvalue weighted by Crippen LogP contribution is -2.24. The minimum absolute atomic E-state index is 0.0142. The van der Waals surface area contributed by atoms with Crippen LogP contribution in [0.5, 0.6) is 0 Å². The lowest BCUT2D eigenvalue weighted by Gasteiger charge is -2.23. The number of halogens is 1. The molecule has 36 heavy (non-hydrogen) atoms. The average molecular weight is 499 g/mol. The smallest absolute Gasteiger partial charge is 0.192 e. The fraction of sp³-hybridized carbons (Fsp3) is 0.207. The van der Waals surface area contributed by atoms with Crippen molar-refractivity contribution in [2.45, 2.75) is 31.0 Å². The third-order valence-corrected chi connectivity index (χ3v) is 7.57. The highest BCUT2D eigenvalue weighted by molar-refractivity contribution is 7.99. The third kappa shape index (κ3) is 4.58. The number of hydrogen-bond acceptors (Lipinski definition) is 5. The van der Waals surface area contributed by atoms with Crippen LogP contribution in [0.1, 0.15) is 25.0 Å². The molecular weight excluding hydrogens is 471 g/mol. The first-order chi connectivity index (χ1) is 17.3. The van der Waals surface area contributed by atoms with Crippen molar-refractivity contribution in [3.05, 3.63) is 108 Å². The van der Waals surface area contributed by atoms with Crippen LogP contribution in [0.25, 0.3) is 11.4 Å². The fourth-order valence-electron chi connectivity index (χ4n) is 4.71. The Balaban J connectivity index is 1.40. The van der Waals surface area contributed by atoms with E-state index in [0.29, 0.717) is 17.5 Å². The molecule has 2 heterocycles. The molecular formula is C29H27FN4OS. The zero-order valence-electron chi connectivity index (χ0n) is 20.5. The van der Waals surface area contributed by atoms with Crippen molar-refractivity contribution in [3.63, 3.8) is 0 Å². The summed E-state index contributed by atoms with van der Waals surface area (Å²) < 4.78 is 15.5. The van der Waals surface area contributed by atoms with Gasteiger partial charge in [-0.15, -0.1) is 10.2 Å². The van der Waals surface area contributed by atoms with Crippen molar-refractivity contribution in [2.24, 2.45) is 0 Å². The Bertz CT molecular complexity index is 1430. The van der Waals surface area contributed by atoms with Crippen LogP contribution in [0, 0.1) is 5.82 Å². The van der Waals surface area contributed by atoms with E-state index in [1.165, 1.54) is 29.5 Å². The summed E-state index contributed by atoms with van der Waals surface area (Å²) in [4.78, 5) is 15.2.